The molecule has 1 aliphatic heterocycles. The molecule has 0 aliphatic carbocycles. The smallest absolute Gasteiger partial charge is 0.194 e. The van der Waals surface area contributed by atoms with Crippen molar-refractivity contribution in [3.63, 3.8) is 0 Å². The average Bonchev–Trinajstić information content (AvgIpc) is 3.01. The van der Waals surface area contributed by atoms with Crippen molar-refractivity contribution in [2.75, 3.05) is 37.2 Å². The van der Waals surface area contributed by atoms with Crippen molar-refractivity contribution in [3.05, 3.63) is 29.8 Å². The molecule has 0 bridgehead atoms. The molecule has 0 spiro atoms. The Morgan fingerprint density at radius 1 is 1.14 bits per heavy atom. The highest BCUT2D eigenvalue weighted by molar-refractivity contribution is 9.09. The maximum Gasteiger partial charge on any atom is 0.194 e. The van der Waals surface area contributed by atoms with E-state index in [1.54, 1.807) is 7.11 Å². The summed E-state index contributed by atoms with van der Waals surface area (Å²) in [5, 5.41) is 1.07. The highest BCUT2D eigenvalue weighted by Gasteiger charge is 2.37. The van der Waals surface area contributed by atoms with Crippen LogP contribution in [0.4, 0.5) is 0 Å². The molecule has 1 saturated heterocycles. The fraction of sp³-hybridized carbons (Fsp3) is 0.625. The number of hydrogen-bond donors (Lipinski definition) is 0. The Balaban J connectivity index is 1.90. The van der Waals surface area contributed by atoms with Gasteiger partial charge < -0.3 is 14.2 Å². The molecule has 1 aliphatic rings. The molecule has 21 heavy (non-hydrogen) atoms. The second-order valence-electron chi connectivity index (χ2n) is 4.94. The molecule has 0 atom stereocenters. The van der Waals surface area contributed by atoms with Gasteiger partial charge >= 0.3 is 0 Å². The fourth-order valence-corrected chi connectivity index (χ4v) is 3.88. The molecular weight excluding hydrogens is 352 g/mol. The third-order valence-electron chi connectivity index (χ3n) is 3.55. The minimum atomic E-state index is -0.549. The van der Waals surface area contributed by atoms with E-state index in [4.69, 9.17) is 14.2 Å². The number of halogens is 1. The topological polar surface area (TPSA) is 27.7 Å². The van der Waals surface area contributed by atoms with E-state index in [1.165, 1.54) is 17.9 Å². The summed E-state index contributed by atoms with van der Waals surface area (Å²) in [7, 11) is 1.68. The van der Waals surface area contributed by atoms with Gasteiger partial charge in [0.2, 0.25) is 0 Å². The molecule has 1 heterocycles. The first-order chi connectivity index (χ1) is 10.3. The molecule has 2 rings (SSSR count). The van der Waals surface area contributed by atoms with Crippen LogP contribution < -0.4 is 4.74 Å². The van der Waals surface area contributed by atoms with Crippen LogP contribution in [0.25, 0.3) is 0 Å². The predicted octanol–water partition coefficient (Wildman–Crippen LogP) is 4.19. The molecular formula is C16H23BrO3S. The van der Waals surface area contributed by atoms with Gasteiger partial charge in [-0.25, -0.2) is 0 Å². The Morgan fingerprint density at radius 3 is 2.48 bits per heavy atom. The van der Waals surface area contributed by atoms with Crippen molar-refractivity contribution < 1.29 is 14.2 Å². The van der Waals surface area contributed by atoms with E-state index in [1.807, 2.05) is 36.0 Å². The maximum atomic E-state index is 5.95. The zero-order valence-corrected chi connectivity index (χ0v) is 14.9. The van der Waals surface area contributed by atoms with E-state index < -0.39 is 5.79 Å². The van der Waals surface area contributed by atoms with Crippen molar-refractivity contribution in [3.8, 4) is 5.75 Å². The summed E-state index contributed by atoms with van der Waals surface area (Å²) >= 11 is 5.44. The highest BCUT2D eigenvalue weighted by atomic mass is 79.9. The van der Waals surface area contributed by atoms with Gasteiger partial charge in [-0.05, 0) is 42.9 Å². The fourth-order valence-electron chi connectivity index (χ4n) is 2.47. The molecule has 1 fully saturated rings. The van der Waals surface area contributed by atoms with Crippen LogP contribution in [0.3, 0.4) is 0 Å². The molecule has 0 aromatic heterocycles. The first-order valence-corrected chi connectivity index (χ1v) is 9.64. The van der Waals surface area contributed by atoms with Gasteiger partial charge in [-0.3, -0.25) is 0 Å². The Bertz CT molecular complexity index is 404. The zero-order chi connectivity index (χ0) is 15.0. The lowest BCUT2D eigenvalue weighted by Gasteiger charge is -2.28. The molecule has 1 aromatic carbocycles. The summed E-state index contributed by atoms with van der Waals surface area (Å²) in [6, 6.07) is 8.02. The van der Waals surface area contributed by atoms with Crippen LogP contribution in [0.15, 0.2) is 24.3 Å². The summed E-state index contributed by atoms with van der Waals surface area (Å²) < 4.78 is 17.1. The number of thioether (sulfide) groups is 1. The third kappa shape index (κ3) is 4.88. The number of benzene rings is 1. The van der Waals surface area contributed by atoms with Gasteiger partial charge in [-0.15, -0.1) is 0 Å². The lowest BCUT2D eigenvalue weighted by Crippen LogP contribution is -2.27. The Morgan fingerprint density at radius 2 is 1.86 bits per heavy atom. The number of hydrogen-bond acceptors (Lipinski definition) is 4. The zero-order valence-electron chi connectivity index (χ0n) is 12.5. The van der Waals surface area contributed by atoms with Crippen molar-refractivity contribution >= 4 is 27.7 Å². The molecule has 0 N–H and O–H groups in total. The normalized spacial score (nSPS) is 17.0. The van der Waals surface area contributed by atoms with Gasteiger partial charge in [0.05, 0.1) is 20.3 Å². The second kappa shape index (κ2) is 9.03. The maximum absolute atomic E-state index is 5.95. The monoisotopic (exact) mass is 374 g/mol. The minimum absolute atomic E-state index is 0.549. The molecule has 0 radical (unpaired) electrons. The van der Waals surface area contributed by atoms with Crippen molar-refractivity contribution in [2.24, 2.45) is 0 Å². The van der Waals surface area contributed by atoms with Crippen LogP contribution in [0.2, 0.25) is 0 Å². The predicted molar refractivity (Wildman–Crippen MR) is 91.5 cm³/mol. The van der Waals surface area contributed by atoms with E-state index in [0.29, 0.717) is 13.2 Å². The van der Waals surface area contributed by atoms with E-state index in [0.717, 1.165) is 29.5 Å². The molecule has 5 heteroatoms. The molecule has 118 valence electrons. The van der Waals surface area contributed by atoms with Gasteiger partial charge in [0.25, 0.3) is 0 Å². The van der Waals surface area contributed by atoms with Gasteiger partial charge in [0.15, 0.2) is 5.79 Å². The van der Waals surface area contributed by atoms with Crippen LogP contribution in [0.5, 0.6) is 5.75 Å². The molecule has 0 saturated carbocycles. The molecule has 0 unspecified atom stereocenters. The molecule has 1 aromatic rings. The summed E-state index contributed by atoms with van der Waals surface area (Å²) in [4.78, 5) is 0. The SMILES string of the molecule is COc1ccc(C2(CCCCSCCBr)OCCO2)cc1. The van der Waals surface area contributed by atoms with Crippen LogP contribution in [-0.4, -0.2) is 37.2 Å². The number of alkyl halides is 1. The molecule has 0 amide bonds. The lowest BCUT2D eigenvalue weighted by atomic mass is 9.99. The Hall–Kier alpha value is -0.230. The Kier molecular flexibility index (Phi) is 7.37. The number of rotatable bonds is 9. The Labute approximate surface area is 139 Å². The minimum Gasteiger partial charge on any atom is -0.497 e. The number of ether oxygens (including phenoxy) is 3. The van der Waals surface area contributed by atoms with Crippen LogP contribution >= 0.6 is 27.7 Å². The van der Waals surface area contributed by atoms with Crippen molar-refractivity contribution in [1.82, 2.24) is 0 Å². The van der Waals surface area contributed by atoms with Gasteiger partial charge in [0, 0.05) is 23.1 Å². The largest absolute Gasteiger partial charge is 0.497 e. The van der Waals surface area contributed by atoms with Crippen molar-refractivity contribution in [1.29, 1.82) is 0 Å². The third-order valence-corrected chi connectivity index (χ3v) is 5.54. The van der Waals surface area contributed by atoms with Crippen LogP contribution in [0, 0.1) is 0 Å². The first-order valence-electron chi connectivity index (χ1n) is 7.37. The van der Waals surface area contributed by atoms with Crippen LogP contribution in [-0.2, 0) is 15.3 Å². The first kappa shape index (κ1) is 17.1. The summed E-state index contributed by atoms with van der Waals surface area (Å²) in [6.07, 6.45) is 3.22. The molecule has 3 nitrogen and oxygen atoms in total. The van der Waals surface area contributed by atoms with E-state index in [-0.39, 0.29) is 0 Å². The van der Waals surface area contributed by atoms with E-state index >= 15 is 0 Å². The number of methoxy groups -OCH3 is 1. The summed E-state index contributed by atoms with van der Waals surface area (Å²) in [5.74, 6) is 2.69. The van der Waals surface area contributed by atoms with E-state index in [2.05, 4.69) is 15.9 Å². The standard InChI is InChI=1S/C16H23BrO3S/c1-18-15-6-4-14(5-7-15)16(19-10-11-20-16)8-2-3-12-21-13-9-17/h4-7H,2-3,8-13H2,1H3. The number of unbranched alkanes of at least 4 members (excludes halogenated alkanes) is 1. The lowest BCUT2D eigenvalue weighted by molar-refractivity contribution is -0.171. The van der Waals surface area contributed by atoms with Gasteiger partial charge in [-0.2, -0.15) is 11.8 Å². The quantitative estimate of drug-likeness (QED) is 0.478. The summed E-state index contributed by atoms with van der Waals surface area (Å²) in [6.45, 7) is 1.34. The summed E-state index contributed by atoms with van der Waals surface area (Å²) in [5.41, 5.74) is 1.09. The van der Waals surface area contributed by atoms with Crippen LogP contribution in [0.1, 0.15) is 24.8 Å². The van der Waals surface area contributed by atoms with E-state index in [9.17, 15) is 0 Å². The van der Waals surface area contributed by atoms with Crippen molar-refractivity contribution in [2.45, 2.75) is 25.0 Å². The average molecular weight is 375 g/mol. The van der Waals surface area contributed by atoms with Gasteiger partial charge in [-0.1, -0.05) is 15.9 Å². The second-order valence-corrected chi connectivity index (χ2v) is 6.95. The highest BCUT2D eigenvalue weighted by Crippen LogP contribution is 2.37. The van der Waals surface area contributed by atoms with Gasteiger partial charge in [0.1, 0.15) is 5.75 Å².